The highest BCUT2D eigenvalue weighted by Gasteiger charge is 2.16. The zero-order valence-electron chi connectivity index (χ0n) is 13.6. The van der Waals surface area contributed by atoms with E-state index in [1.165, 1.54) is 0 Å². The Bertz CT molecular complexity index is 417. The van der Waals surface area contributed by atoms with Crippen LogP contribution in [0.4, 0.5) is 5.82 Å². The molecule has 1 rings (SSSR count). The summed E-state index contributed by atoms with van der Waals surface area (Å²) in [5, 5.41) is 10.8. The summed E-state index contributed by atoms with van der Waals surface area (Å²) in [7, 11) is 1.77. The molecular formula is C15H27N5O. The van der Waals surface area contributed by atoms with Crippen molar-refractivity contribution in [3.8, 4) is 0 Å². The molecule has 1 amide bonds. The third kappa shape index (κ3) is 5.30. The van der Waals surface area contributed by atoms with Crippen molar-refractivity contribution in [2.75, 3.05) is 45.1 Å². The highest BCUT2D eigenvalue weighted by molar-refractivity contribution is 5.92. The Morgan fingerprint density at radius 1 is 1.10 bits per heavy atom. The summed E-state index contributed by atoms with van der Waals surface area (Å²) in [6, 6.07) is 3.48. The van der Waals surface area contributed by atoms with Crippen LogP contribution in [0.1, 0.15) is 37.7 Å². The summed E-state index contributed by atoms with van der Waals surface area (Å²) < 4.78 is 0. The normalized spacial score (nSPS) is 10.7. The molecule has 6 nitrogen and oxygen atoms in total. The maximum absolute atomic E-state index is 12.4. The molecule has 1 heterocycles. The van der Waals surface area contributed by atoms with E-state index in [-0.39, 0.29) is 5.91 Å². The minimum Gasteiger partial charge on any atom is -0.372 e. The molecule has 1 N–H and O–H groups in total. The number of aromatic nitrogens is 2. The predicted molar refractivity (Wildman–Crippen MR) is 85.6 cm³/mol. The fourth-order valence-corrected chi connectivity index (χ4v) is 2.17. The Morgan fingerprint density at radius 3 is 2.29 bits per heavy atom. The second-order valence-electron chi connectivity index (χ2n) is 4.82. The van der Waals surface area contributed by atoms with E-state index in [9.17, 15) is 4.79 Å². The standard InChI is InChI=1S/C15H27N5O/c1-5-19(6-2)11-8-12-20(7-3)15(21)13-9-10-14(16-4)18-17-13/h9-10H,5-8,11-12H2,1-4H3,(H,16,18). The Morgan fingerprint density at radius 2 is 1.81 bits per heavy atom. The first-order chi connectivity index (χ1) is 10.2. The summed E-state index contributed by atoms with van der Waals surface area (Å²) in [4.78, 5) is 16.6. The molecule has 1 aromatic heterocycles. The summed E-state index contributed by atoms with van der Waals surface area (Å²) in [5.74, 6) is 0.614. The van der Waals surface area contributed by atoms with Crippen molar-refractivity contribution in [2.24, 2.45) is 0 Å². The number of nitrogens with zero attached hydrogens (tertiary/aromatic N) is 4. The number of carbonyl (C=O) groups excluding carboxylic acids is 1. The van der Waals surface area contributed by atoms with Gasteiger partial charge in [-0.25, -0.2) is 0 Å². The monoisotopic (exact) mass is 293 g/mol. The van der Waals surface area contributed by atoms with E-state index in [0.717, 1.165) is 32.6 Å². The molecule has 0 saturated carbocycles. The quantitative estimate of drug-likeness (QED) is 0.751. The average Bonchev–Trinajstić information content (AvgIpc) is 2.55. The highest BCUT2D eigenvalue weighted by Crippen LogP contribution is 2.05. The first kappa shape index (κ1) is 17.4. The molecule has 0 aliphatic heterocycles. The lowest BCUT2D eigenvalue weighted by atomic mass is 10.3. The van der Waals surface area contributed by atoms with Crippen molar-refractivity contribution < 1.29 is 4.79 Å². The maximum Gasteiger partial charge on any atom is 0.274 e. The molecule has 21 heavy (non-hydrogen) atoms. The van der Waals surface area contributed by atoms with Crippen LogP contribution in [0.15, 0.2) is 12.1 Å². The van der Waals surface area contributed by atoms with Crippen molar-refractivity contribution in [1.29, 1.82) is 0 Å². The minimum absolute atomic E-state index is 0.0489. The van der Waals surface area contributed by atoms with Crippen molar-refractivity contribution in [1.82, 2.24) is 20.0 Å². The lowest BCUT2D eigenvalue weighted by molar-refractivity contribution is 0.0750. The van der Waals surface area contributed by atoms with Gasteiger partial charge in [-0.2, -0.15) is 0 Å². The molecule has 0 fully saturated rings. The first-order valence-corrected chi connectivity index (χ1v) is 7.69. The molecule has 0 aliphatic rings. The molecule has 0 unspecified atom stereocenters. The second kappa shape index (κ2) is 9.28. The van der Waals surface area contributed by atoms with Crippen LogP contribution in [0.3, 0.4) is 0 Å². The number of anilines is 1. The van der Waals surface area contributed by atoms with E-state index in [4.69, 9.17) is 0 Å². The molecule has 118 valence electrons. The predicted octanol–water partition coefficient (Wildman–Crippen LogP) is 1.71. The molecule has 6 heteroatoms. The number of hydrogen-bond donors (Lipinski definition) is 1. The zero-order chi connectivity index (χ0) is 15.7. The SMILES string of the molecule is CCN(CC)CCCN(CC)C(=O)c1ccc(NC)nn1. The highest BCUT2D eigenvalue weighted by atomic mass is 16.2. The van der Waals surface area contributed by atoms with Gasteiger partial charge in [0.2, 0.25) is 0 Å². The van der Waals surface area contributed by atoms with Crippen LogP contribution in [0.2, 0.25) is 0 Å². The third-order valence-corrected chi connectivity index (χ3v) is 3.61. The Balaban J connectivity index is 2.55. The van der Waals surface area contributed by atoms with Crippen molar-refractivity contribution >= 4 is 11.7 Å². The van der Waals surface area contributed by atoms with E-state index in [2.05, 4.69) is 34.3 Å². The Labute approximate surface area is 127 Å². The van der Waals surface area contributed by atoms with Gasteiger partial charge in [-0.15, -0.1) is 10.2 Å². The fourth-order valence-electron chi connectivity index (χ4n) is 2.17. The lowest BCUT2D eigenvalue weighted by Gasteiger charge is -2.23. The van der Waals surface area contributed by atoms with Gasteiger partial charge < -0.3 is 15.1 Å². The van der Waals surface area contributed by atoms with Crippen LogP contribution < -0.4 is 5.32 Å². The number of carbonyl (C=O) groups is 1. The van der Waals surface area contributed by atoms with Gasteiger partial charge in [-0.1, -0.05) is 13.8 Å². The second-order valence-corrected chi connectivity index (χ2v) is 4.82. The van der Waals surface area contributed by atoms with Gasteiger partial charge in [0.25, 0.3) is 5.91 Å². The van der Waals surface area contributed by atoms with Crippen LogP contribution in [-0.2, 0) is 0 Å². The van der Waals surface area contributed by atoms with Crippen molar-refractivity contribution in [3.63, 3.8) is 0 Å². The average molecular weight is 293 g/mol. The van der Waals surface area contributed by atoms with Gasteiger partial charge in [0.05, 0.1) is 0 Å². The van der Waals surface area contributed by atoms with Gasteiger partial charge in [-0.3, -0.25) is 4.79 Å². The Hall–Kier alpha value is -1.69. The largest absolute Gasteiger partial charge is 0.372 e. The molecular weight excluding hydrogens is 266 g/mol. The number of amides is 1. The van der Waals surface area contributed by atoms with Crippen LogP contribution in [0, 0.1) is 0 Å². The van der Waals surface area contributed by atoms with Crippen LogP contribution >= 0.6 is 0 Å². The Kier molecular flexibility index (Phi) is 7.68. The topological polar surface area (TPSA) is 61.4 Å². The van der Waals surface area contributed by atoms with Crippen LogP contribution in [0.5, 0.6) is 0 Å². The van der Waals surface area contributed by atoms with Gasteiger partial charge in [0, 0.05) is 20.1 Å². The summed E-state index contributed by atoms with van der Waals surface area (Å²) in [5.41, 5.74) is 0.402. The van der Waals surface area contributed by atoms with E-state index >= 15 is 0 Å². The summed E-state index contributed by atoms with van der Waals surface area (Å²) in [6.45, 7) is 10.9. The van der Waals surface area contributed by atoms with E-state index in [1.54, 1.807) is 19.2 Å². The molecule has 1 aromatic rings. The number of rotatable bonds is 9. The molecule has 0 atom stereocenters. The molecule has 0 aromatic carbocycles. The van der Waals surface area contributed by atoms with Gasteiger partial charge in [0.1, 0.15) is 5.82 Å². The smallest absolute Gasteiger partial charge is 0.274 e. The van der Waals surface area contributed by atoms with Gasteiger partial charge in [-0.05, 0) is 45.1 Å². The molecule has 0 aliphatic carbocycles. The van der Waals surface area contributed by atoms with E-state index in [0.29, 0.717) is 18.1 Å². The zero-order valence-corrected chi connectivity index (χ0v) is 13.6. The maximum atomic E-state index is 12.4. The molecule has 0 radical (unpaired) electrons. The van der Waals surface area contributed by atoms with Crippen molar-refractivity contribution in [2.45, 2.75) is 27.2 Å². The lowest BCUT2D eigenvalue weighted by Crippen LogP contribution is -2.34. The number of hydrogen-bond acceptors (Lipinski definition) is 5. The van der Waals surface area contributed by atoms with Gasteiger partial charge in [0.15, 0.2) is 5.69 Å². The van der Waals surface area contributed by atoms with Crippen LogP contribution in [-0.4, -0.2) is 65.7 Å². The molecule has 0 saturated heterocycles. The van der Waals surface area contributed by atoms with Crippen molar-refractivity contribution in [3.05, 3.63) is 17.8 Å². The van der Waals surface area contributed by atoms with E-state index < -0.39 is 0 Å². The van der Waals surface area contributed by atoms with Crippen LogP contribution in [0.25, 0.3) is 0 Å². The number of nitrogens with one attached hydrogen (secondary N) is 1. The molecule has 0 bridgehead atoms. The summed E-state index contributed by atoms with van der Waals surface area (Å²) >= 11 is 0. The van der Waals surface area contributed by atoms with E-state index in [1.807, 2.05) is 11.8 Å². The fraction of sp³-hybridized carbons (Fsp3) is 0.667. The summed E-state index contributed by atoms with van der Waals surface area (Å²) in [6.07, 6.45) is 0.975. The minimum atomic E-state index is -0.0489. The molecule has 0 spiro atoms. The first-order valence-electron chi connectivity index (χ1n) is 7.69. The van der Waals surface area contributed by atoms with Gasteiger partial charge >= 0.3 is 0 Å². The third-order valence-electron chi connectivity index (χ3n) is 3.61.